The van der Waals surface area contributed by atoms with E-state index in [4.69, 9.17) is 11.6 Å². The molecule has 2 aromatic heterocycles. The zero-order chi connectivity index (χ0) is 26.7. The first-order chi connectivity index (χ1) is 18.3. The minimum absolute atomic E-state index is 0.000717. The van der Waals surface area contributed by atoms with E-state index in [1.807, 2.05) is 11.0 Å². The number of thiophene rings is 2. The number of hydrogen-bond acceptors (Lipinski definition) is 7. The van der Waals surface area contributed by atoms with Crippen molar-refractivity contribution in [2.45, 2.75) is 80.1 Å². The average Bonchev–Trinajstić information content (AvgIpc) is 3.66. The molecule has 5 rings (SSSR count). The zero-order valence-corrected chi connectivity index (χ0v) is 24.6. The van der Waals surface area contributed by atoms with Crippen LogP contribution < -0.4 is 10.0 Å². The topological polar surface area (TPSA) is 98.8 Å². The van der Waals surface area contributed by atoms with Gasteiger partial charge in [-0.05, 0) is 62.8 Å². The van der Waals surface area contributed by atoms with E-state index in [1.165, 1.54) is 48.3 Å². The number of likely N-dealkylation sites (tertiary alicyclic amines) is 2. The van der Waals surface area contributed by atoms with Crippen LogP contribution in [0.4, 0.5) is 0 Å². The van der Waals surface area contributed by atoms with Crippen LogP contribution in [0.1, 0.15) is 57.8 Å². The van der Waals surface area contributed by atoms with Crippen LogP contribution in [0.25, 0.3) is 9.75 Å². The molecule has 0 bridgehead atoms. The second kappa shape index (κ2) is 12.3. The predicted molar refractivity (Wildman–Crippen MR) is 152 cm³/mol. The third-order valence-corrected chi connectivity index (χ3v) is 12.2. The van der Waals surface area contributed by atoms with Crippen LogP contribution in [0.15, 0.2) is 28.5 Å². The first-order valence-corrected chi connectivity index (χ1v) is 17.0. The Morgan fingerprint density at radius 1 is 0.947 bits per heavy atom. The summed E-state index contributed by atoms with van der Waals surface area (Å²) >= 11 is 8.56. The molecule has 3 fully saturated rings. The van der Waals surface area contributed by atoms with E-state index >= 15 is 0 Å². The summed E-state index contributed by atoms with van der Waals surface area (Å²) in [6, 6.07) is 6.78. The number of sulfonamides is 1. The monoisotopic (exact) mass is 598 g/mol. The van der Waals surface area contributed by atoms with Gasteiger partial charge in [0, 0.05) is 41.5 Å². The van der Waals surface area contributed by atoms with E-state index in [1.54, 1.807) is 18.2 Å². The van der Waals surface area contributed by atoms with Crippen LogP contribution in [0.2, 0.25) is 4.34 Å². The third-order valence-electron chi connectivity index (χ3n) is 7.76. The number of amides is 2. The second-order valence-electron chi connectivity index (χ2n) is 10.4. The quantitative estimate of drug-likeness (QED) is 0.448. The molecule has 0 aromatic carbocycles. The van der Waals surface area contributed by atoms with E-state index in [0.717, 1.165) is 40.5 Å². The van der Waals surface area contributed by atoms with Crippen LogP contribution in [-0.4, -0.2) is 74.3 Å². The van der Waals surface area contributed by atoms with Crippen LogP contribution in [0.5, 0.6) is 0 Å². The number of carbonyl (C=O) groups is 2. The van der Waals surface area contributed by atoms with Gasteiger partial charge in [0.25, 0.3) is 10.0 Å². The number of hydrogen-bond donors (Lipinski definition) is 2. The molecular formula is C26H35ClN4O4S3. The molecule has 1 aliphatic carbocycles. The summed E-state index contributed by atoms with van der Waals surface area (Å²) < 4.78 is 29.6. The molecule has 3 aliphatic rings. The summed E-state index contributed by atoms with van der Waals surface area (Å²) in [5.74, 6) is -0.377. The van der Waals surface area contributed by atoms with E-state index in [9.17, 15) is 18.0 Å². The van der Waals surface area contributed by atoms with Crippen molar-refractivity contribution in [1.82, 2.24) is 19.8 Å². The van der Waals surface area contributed by atoms with Crippen molar-refractivity contribution in [3.05, 3.63) is 28.6 Å². The van der Waals surface area contributed by atoms with Gasteiger partial charge in [-0.1, -0.05) is 30.9 Å². The number of carbonyl (C=O) groups excluding carboxylic acids is 2. The SMILES string of the molecule is O=C1[C@@H](NS(=O)(=O)c2ccc(-c3ccc(Cl)s3)s2)CCCN1CC(=O)N1CCC[C@H]1CNC1CCCCC1. The summed E-state index contributed by atoms with van der Waals surface area (Å²) in [6.45, 7) is 1.97. The lowest BCUT2D eigenvalue weighted by atomic mass is 9.95. The van der Waals surface area contributed by atoms with Crippen LogP contribution in [0.3, 0.4) is 0 Å². The lowest BCUT2D eigenvalue weighted by Crippen LogP contribution is -2.55. The van der Waals surface area contributed by atoms with Crippen molar-refractivity contribution >= 4 is 56.1 Å². The lowest BCUT2D eigenvalue weighted by molar-refractivity contribution is -0.143. The molecule has 4 heterocycles. The summed E-state index contributed by atoms with van der Waals surface area (Å²) in [7, 11) is -3.88. The number of halogens is 1. The lowest BCUT2D eigenvalue weighted by Gasteiger charge is -2.34. The highest BCUT2D eigenvalue weighted by Gasteiger charge is 2.36. The molecule has 38 heavy (non-hydrogen) atoms. The molecule has 0 radical (unpaired) electrons. The van der Waals surface area contributed by atoms with Crippen molar-refractivity contribution in [2.24, 2.45) is 0 Å². The molecule has 2 aromatic rings. The average molecular weight is 599 g/mol. The van der Waals surface area contributed by atoms with E-state index < -0.39 is 16.1 Å². The van der Waals surface area contributed by atoms with E-state index in [0.29, 0.717) is 36.3 Å². The minimum atomic E-state index is -3.88. The maximum Gasteiger partial charge on any atom is 0.250 e. The fraction of sp³-hybridized carbons (Fsp3) is 0.615. The standard InChI is InChI=1S/C26H35ClN4O4S3/c27-23-12-10-21(36-23)22-11-13-25(37-22)38(34,35)29-20-9-5-14-30(26(20)33)17-24(32)31-15-4-8-19(31)16-28-18-6-2-1-3-7-18/h10-13,18-20,28-29H,1-9,14-17H2/t19-,20-/m0/s1. The van der Waals surface area contributed by atoms with Gasteiger partial charge >= 0.3 is 0 Å². The molecule has 2 N–H and O–H groups in total. The largest absolute Gasteiger partial charge is 0.337 e. The first kappa shape index (κ1) is 28.0. The molecule has 2 amide bonds. The van der Waals surface area contributed by atoms with Gasteiger partial charge in [0.05, 0.1) is 10.9 Å². The normalized spacial score (nSPS) is 23.3. The number of nitrogens with zero attached hydrogens (tertiary/aromatic N) is 2. The summed E-state index contributed by atoms with van der Waals surface area (Å²) in [5.41, 5.74) is 0. The Hall–Kier alpha value is -1.50. The van der Waals surface area contributed by atoms with Gasteiger partial charge in [-0.25, -0.2) is 8.42 Å². The third kappa shape index (κ3) is 6.62. The van der Waals surface area contributed by atoms with Crippen molar-refractivity contribution in [3.8, 4) is 9.75 Å². The van der Waals surface area contributed by atoms with Crippen LogP contribution in [-0.2, 0) is 19.6 Å². The summed E-state index contributed by atoms with van der Waals surface area (Å²) in [5, 5.41) is 3.67. The van der Waals surface area contributed by atoms with Gasteiger partial charge in [-0.2, -0.15) is 4.72 Å². The predicted octanol–water partition coefficient (Wildman–Crippen LogP) is 4.31. The molecular weight excluding hydrogens is 564 g/mol. The molecule has 0 unspecified atom stereocenters. The van der Waals surface area contributed by atoms with Gasteiger partial charge in [-0.15, -0.1) is 22.7 Å². The molecule has 0 spiro atoms. The molecule has 1 saturated carbocycles. The van der Waals surface area contributed by atoms with Crippen LogP contribution in [0, 0.1) is 0 Å². The van der Waals surface area contributed by atoms with E-state index in [2.05, 4.69) is 10.0 Å². The molecule has 12 heteroatoms. The highest BCUT2D eigenvalue weighted by atomic mass is 35.5. The van der Waals surface area contributed by atoms with Crippen molar-refractivity contribution in [1.29, 1.82) is 0 Å². The van der Waals surface area contributed by atoms with Gasteiger partial charge in [-0.3, -0.25) is 9.59 Å². The fourth-order valence-corrected chi connectivity index (χ4v) is 9.42. The Bertz CT molecular complexity index is 1240. The highest BCUT2D eigenvalue weighted by Crippen LogP contribution is 2.37. The number of nitrogens with one attached hydrogen (secondary N) is 2. The van der Waals surface area contributed by atoms with Gasteiger partial charge in [0.15, 0.2) is 0 Å². The second-order valence-corrected chi connectivity index (χ2v) is 15.2. The maximum absolute atomic E-state index is 13.2. The molecule has 2 saturated heterocycles. The Balaban J connectivity index is 1.17. The Morgan fingerprint density at radius 3 is 2.45 bits per heavy atom. The van der Waals surface area contributed by atoms with Crippen LogP contribution >= 0.6 is 34.3 Å². The zero-order valence-electron chi connectivity index (χ0n) is 21.4. The van der Waals surface area contributed by atoms with Crippen molar-refractivity contribution in [3.63, 3.8) is 0 Å². The molecule has 2 atom stereocenters. The maximum atomic E-state index is 13.2. The highest BCUT2D eigenvalue weighted by molar-refractivity contribution is 7.91. The van der Waals surface area contributed by atoms with Gasteiger partial charge in [0.2, 0.25) is 11.8 Å². The smallest absolute Gasteiger partial charge is 0.250 e. The Kier molecular flexibility index (Phi) is 9.11. The Morgan fingerprint density at radius 2 is 1.68 bits per heavy atom. The molecule has 208 valence electrons. The summed E-state index contributed by atoms with van der Waals surface area (Å²) in [6.07, 6.45) is 9.26. The van der Waals surface area contributed by atoms with Gasteiger partial charge in [0.1, 0.15) is 10.3 Å². The summed E-state index contributed by atoms with van der Waals surface area (Å²) in [4.78, 5) is 31.6. The van der Waals surface area contributed by atoms with Crippen molar-refractivity contribution < 1.29 is 18.0 Å². The molecule has 8 nitrogen and oxygen atoms in total. The Labute approximate surface area is 237 Å². The number of piperidine rings is 1. The minimum Gasteiger partial charge on any atom is -0.337 e. The molecule has 2 aliphatic heterocycles. The van der Waals surface area contributed by atoms with Crippen molar-refractivity contribution in [2.75, 3.05) is 26.2 Å². The first-order valence-electron chi connectivity index (χ1n) is 13.5. The van der Waals surface area contributed by atoms with Gasteiger partial charge < -0.3 is 15.1 Å². The number of rotatable bonds is 9. The fourth-order valence-electron chi connectivity index (χ4n) is 5.74. The van der Waals surface area contributed by atoms with E-state index in [-0.39, 0.29) is 28.6 Å².